The van der Waals surface area contributed by atoms with E-state index in [2.05, 4.69) is 35.2 Å². The van der Waals surface area contributed by atoms with Crippen LogP contribution >= 0.6 is 11.6 Å². The Kier molecular flexibility index (Phi) is 10.2. The monoisotopic (exact) mass is 740 g/mol. The first kappa shape index (κ1) is 37.1. The highest BCUT2D eigenvalue weighted by atomic mass is 35.5. The minimum Gasteiger partial charge on any atom is -0.394 e. The molecule has 0 bridgehead atoms. The highest BCUT2D eigenvalue weighted by Gasteiger charge is 2.56. The number of hydrogen-bond acceptors (Lipinski definition) is 16. The second kappa shape index (κ2) is 14.1. The van der Waals surface area contributed by atoms with Crippen molar-refractivity contribution in [2.75, 3.05) is 43.7 Å². The van der Waals surface area contributed by atoms with Gasteiger partial charge in [0.2, 0.25) is 11.9 Å². The first-order valence-electron chi connectivity index (χ1n) is 16.5. The van der Waals surface area contributed by atoms with Gasteiger partial charge in [0.1, 0.15) is 29.9 Å². The number of anilines is 3. The molecule has 18 nitrogen and oxygen atoms in total. The lowest BCUT2D eigenvalue weighted by atomic mass is 9.98. The number of rotatable bonds is 7. The van der Waals surface area contributed by atoms with Crippen molar-refractivity contribution in [2.24, 2.45) is 0 Å². The second-order valence-electron chi connectivity index (χ2n) is 13.4. The van der Waals surface area contributed by atoms with Crippen molar-refractivity contribution in [3.05, 3.63) is 17.8 Å². The molecule has 0 radical (unpaired) electrons. The Morgan fingerprint density at radius 2 is 1.33 bits per heavy atom. The van der Waals surface area contributed by atoms with Crippen molar-refractivity contribution in [2.45, 2.75) is 99.8 Å². The standard InChI is InChI=1S/C15H21FN6O3.C11H13ClFN5O3.C4H9N/c1-15(16)10(24)8(5-23)25-13(15)22-6-18-9-11(21(2)7-3-4-7)19-14(17)20-12(9)22;1-11(13)6(20)4(2-19)21-9(11)18-3-15-5-7(12)16-10(14)17-8(5)18;1-5-4-2-3-4/h6-8,10,13,23-24H,3-5H2,1-2H3,(H2,17,19,20);3-4,6,9,19-20H,2H2,1H3,(H2,14,16,17);4-5H,2-3H2,1H3/t8-,10-,13-,15-;4-,6-,9-,11-;/m11./s1. The average molecular weight is 741 g/mol. The van der Waals surface area contributed by atoms with E-state index >= 15 is 4.39 Å². The van der Waals surface area contributed by atoms with E-state index in [0.717, 1.165) is 18.9 Å². The third-order valence-corrected chi connectivity index (χ3v) is 9.79. The third-order valence-electron chi connectivity index (χ3n) is 9.53. The van der Waals surface area contributed by atoms with Gasteiger partial charge in [0.05, 0.1) is 25.9 Å². The Balaban J connectivity index is 0.000000156. The van der Waals surface area contributed by atoms with E-state index < -0.39 is 61.4 Å². The van der Waals surface area contributed by atoms with Crippen molar-refractivity contribution < 1.29 is 38.7 Å². The van der Waals surface area contributed by atoms with Crippen LogP contribution in [0.3, 0.4) is 0 Å². The number of aliphatic hydroxyl groups is 4. The summed E-state index contributed by atoms with van der Waals surface area (Å²) in [6, 6.07) is 1.27. The number of aromatic nitrogens is 8. The summed E-state index contributed by atoms with van der Waals surface area (Å²) in [6.45, 7) is 1.40. The van der Waals surface area contributed by atoms with Crippen LogP contribution in [0.25, 0.3) is 22.3 Å². The van der Waals surface area contributed by atoms with E-state index in [0.29, 0.717) is 23.0 Å². The molecule has 21 heteroatoms. The van der Waals surface area contributed by atoms with Crippen LogP contribution in [0.5, 0.6) is 0 Å². The first-order valence-corrected chi connectivity index (χ1v) is 16.8. The van der Waals surface area contributed by atoms with Gasteiger partial charge in [-0.25, -0.2) is 18.7 Å². The highest BCUT2D eigenvalue weighted by molar-refractivity contribution is 6.33. The predicted molar refractivity (Wildman–Crippen MR) is 181 cm³/mol. The summed E-state index contributed by atoms with van der Waals surface area (Å²) in [5, 5.41) is 41.6. The molecule has 0 unspecified atom stereocenters. The van der Waals surface area contributed by atoms with Crippen LogP contribution in [-0.4, -0.2) is 135 Å². The number of ether oxygens (including phenoxy) is 2. The van der Waals surface area contributed by atoms with Crippen molar-refractivity contribution in [1.82, 2.24) is 44.4 Å². The summed E-state index contributed by atoms with van der Waals surface area (Å²) in [7, 11) is 3.92. The quantitative estimate of drug-likeness (QED) is 0.127. The number of nitrogen functional groups attached to an aromatic ring is 2. The number of nitrogens with two attached hydrogens (primary N) is 2. The lowest BCUT2D eigenvalue weighted by Gasteiger charge is -2.25. The molecule has 2 aliphatic carbocycles. The van der Waals surface area contributed by atoms with E-state index in [4.69, 9.17) is 37.6 Å². The van der Waals surface area contributed by atoms with Gasteiger partial charge in [-0.1, -0.05) is 11.6 Å². The Hall–Kier alpha value is -3.63. The van der Waals surface area contributed by atoms with Crippen LogP contribution in [0.1, 0.15) is 52.0 Å². The molecule has 9 N–H and O–H groups in total. The molecule has 8 rings (SSSR count). The average Bonchev–Trinajstić information content (AvgIpc) is 4.00. The normalized spacial score (nSPS) is 31.7. The zero-order valence-electron chi connectivity index (χ0n) is 28.4. The van der Waals surface area contributed by atoms with Crippen LogP contribution < -0.4 is 21.7 Å². The van der Waals surface area contributed by atoms with Gasteiger partial charge in [-0.2, -0.15) is 19.9 Å². The predicted octanol–water partition coefficient (Wildman–Crippen LogP) is 0.395. The fraction of sp³-hybridized carbons (Fsp3) is 0.667. The van der Waals surface area contributed by atoms with Gasteiger partial charge >= 0.3 is 0 Å². The van der Waals surface area contributed by atoms with Gasteiger partial charge in [0, 0.05) is 19.1 Å². The summed E-state index contributed by atoms with van der Waals surface area (Å²) < 4.78 is 43.4. The van der Waals surface area contributed by atoms with Gasteiger partial charge in [-0.15, -0.1) is 0 Å². The van der Waals surface area contributed by atoms with E-state index in [1.165, 1.54) is 48.5 Å². The zero-order valence-corrected chi connectivity index (χ0v) is 29.2. The number of nitrogens with zero attached hydrogens (tertiary/aromatic N) is 9. The molecule has 2 saturated carbocycles. The molecule has 0 amide bonds. The maximum Gasteiger partial charge on any atom is 0.224 e. The maximum absolute atomic E-state index is 15.1. The van der Waals surface area contributed by atoms with Crippen LogP contribution in [0.15, 0.2) is 12.7 Å². The Labute approximate surface area is 295 Å². The number of alkyl halides is 2. The molecule has 0 aromatic carbocycles. The van der Waals surface area contributed by atoms with E-state index in [1.807, 2.05) is 19.0 Å². The highest BCUT2D eigenvalue weighted by Crippen LogP contribution is 2.44. The van der Waals surface area contributed by atoms with Crippen molar-refractivity contribution in [3.63, 3.8) is 0 Å². The van der Waals surface area contributed by atoms with Gasteiger partial charge in [0.15, 0.2) is 51.6 Å². The molecular weight excluding hydrogens is 698 g/mol. The Morgan fingerprint density at radius 3 is 1.75 bits per heavy atom. The van der Waals surface area contributed by atoms with E-state index in [1.54, 1.807) is 0 Å². The lowest BCUT2D eigenvalue weighted by Crippen LogP contribution is -2.40. The van der Waals surface area contributed by atoms with Gasteiger partial charge < -0.3 is 51.6 Å². The lowest BCUT2D eigenvalue weighted by molar-refractivity contribution is -0.0566. The number of halogens is 3. The smallest absolute Gasteiger partial charge is 0.224 e. The fourth-order valence-corrected chi connectivity index (χ4v) is 6.36. The van der Waals surface area contributed by atoms with E-state index in [9.17, 15) is 19.7 Å². The van der Waals surface area contributed by atoms with Crippen molar-refractivity contribution >= 4 is 51.6 Å². The molecule has 4 aromatic heterocycles. The van der Waals surface area contributed by atoms with Crippen LogP contribution in [0, 0.1) is 0 Å². The molecule has 0 spiro atoms. The van der Waals surface area contributed by atoms with Crippen LogP contribution in [0.2, 0.25) is 5.15 Å². The number of aliphatic hydroxyl groups excluding tert-OH is 4. The molecule has 2 aliphatic heterocycles. The minimum absolute atomic E-state index is 0.0362. The Morgan fingerprint density at radius 1 is 0.863 bits per heavy atom. The SMILES string of the molecule is CN(c1nc(N)nc2c1ncn2[C@@H]1O[C@H](CO)[C@@H](O)[C@@]1(C)F)C1CC1.CNC1CC1.C[C@@]1(F)[C@H](O)[C@@H](CO)O[C@H]1n1cnc2c(Cl)nc(N)nc21. The largest absolute Gasteiger partial charge is 0.394 e. The first-order chi connectivity index (χ1) is 24.1. The van der Waals surface area contributed by atoms with E-state index in [-0.39, 0.29) is 28.2 Å². The molecule has 4 aromatic rings. The minimum atomic E-state index is -2.15. The number of imidazole rings is 2. The Bertz CT molecular complexity index is 1860. The van der Waals surface area contributed by atoms with Crippen molar-refractivity contribution in [3.8, 4) is 0 Å². The maximum atomic E-state index is 15.1. The number of hydrogen-bond donors (Lipinski definition) is 7. The zero-order chi connectivity index (χ0) is 37.0. The molecule has 51 heavy (non-hydrogen) atoms. The van der Waals surface area contributed by atoms with Crippen molar-refractivity contribution in [1.29, 1.82) is 0 Å². The summed E-state index contributed by atoms with van der Waals surface area (Å²) in [5.74, 6) is 0.545. The molecule has 2 saturated heterocycles. The van der Waals surface area contributed by atoms with Gasteiger partial charge in [-0.3, -0.25) is 9.13 Å². The molecule has 8 atom stereocenters. The summed E-state index contributed by atoms with van der Waals surface area (Å²) in [4.78, 5) is 26.5. The molecular formula is C30H43ClF2N12O6. The number of fused-ring (bicyclic) bond motifs is 2. The summed E-state index contributed by atoms with van der Waals surface area (Å²) >= 11 is 5.91. The van der Waals surface area contributed by atoms with Crippen LogP contribution in [0.4, 0.5) is 26.5 Å². The number of nitrogens with one attached hydrogen (secondary N) is 1. The molecule has 4 fully saturated rings. The van der Waals surface area contributed by atoms with Crippen LogP contribution in [-0.2, 0) is 9.47 Å². The summed E-state index contributed by atoms with van der Waals surface area (Å²) in [6.07, 6.45) is 0.195. The molecule has 6 heterocycles. The fourth-order valence-electron chi connectivity index (χ4n) is 6.14. The molecule has 4 aliphatic rings. The van der Waals surface area contributed by atoms with Gasteiger partial charge in [0.25, 0.3) is 0 Å². The van der Waals surface area contributed by atoms with Gasteiger partial charge in [-0.05, 0) is 46.6 Å². The molecule has 280 valence electrons. The topological polar surface area (TPSA) is 254 Å². The summed E-state index contributed by atoms with van der Waals surface area (Å²) in [5.41, 5.74) is 8.35. The second-order valence-corrected chi connectivity index (χ2v) is 13.8. The third kappa shape index (κ3) is 6.98.